The number of rotatable bonds is 9. The molecule has 1 aromatic carbocycles. The minimum absolute atomic E-state index is 0.0559. The molecule has 5 rings (SSSR count). The summed E-state index contributed by atoms with van der Waals surface area (Å²) < 4.78 is 10.7. The number of ether oxygens (including phenoxy) is 1. The average molecular weight is 538 g/mol. The van der Waals surface area contributed by atoms with Gasteiger partial charge in [-0.15, -0.1) is 11.3 Å². The lowest BCUT2D eigenvalue weighted by Crippen LogP contribution is -2.46. The van der Waals surface area contributed by atoms with Crippen molar-refractivity contribution in [2.45, 2.75) is 12.5 Å². The Kier molecular flexibility index (Phi) is 7.91. The predicted molar refractivity (Wildman–Crippen MR) is 140 cm³/mol. The molecule has 4 heterocycles. The van der Waals surface area contributed by atoms with Gasteiger partial charge in [-0.1, -0.05) is 18.2 Å². The van der Waals surface area contributed by atoms with Crippen molar-refractivity contribution in [1.29, 1.82) is 0 Å². The minimum atomic E-state index is -0.528. The summed E-state index contributed by atoms with van der Waals surface area (Å²) in [5.41, 5.74) is 1.28. The van der Waals surface area contributed by atoms with Gasteiger partial charge in [-0.25, -0.2) is 5.01 Å². The fraction of sp³-hybridized carbons (Fsp3) is 0.346. The molecule has 198 valence electrons. The molecule has 12 heteroatoms. The molecule has 0 aliphatic carbocycles. The highest BCUT2D eigenvalue weighted by Gasteiger charge is 2.35. The summed E-state index contributed by atoms with van der Waals surface area (Å²) in [4.78, 5) is 42.5. The molecule has 2 amide bonds. The third-order valence-corrected chi connectivity index (χ3v) is 7.49. The molecular formula is C26H27N5O6S. The first-order valence-electron chi connectivity index (χ1n) is 12.3. The zero-order valence-corrected chi connectivity index (χ0v) is 21.4. The SMILES string of the molecule is O=C(c1ccco1)N(CCN1CCOCC1)CC(=O)N1N=C(c2cccs2)C[C@@H]1c1cccc([N+](=O)[O-])c1. The van der Waals surface area contributed by atoms with Crippen LogP contribution in [0.3, 0.4) is 0 Å². The van der Waals surface area contributed by atoms with Crippen LogP contribution in [0, 0.1) is 10.1 Å². The Morgan fingerprint density at radius 2 is 2.00 bits per heavy atom. The summed E-state index contributed by atoms with van der Waals surface area (Å²) in [5, 5.41) is 19.3. The molecule has 1 atom stereocenters. The predicted octanol–water partition coefficient (Wildman–Crippen LogP) is 3.40. The first-order valence-corrected chi connectivity index (χ1v) is 13.2. The van der Waals surface area contributed by atoms with E-state index >= 15 is 0 Å². The largest absolute Gasteiger partial charge is 0.459 e. The number of hydrogen-bond acceptors (Lipinski definition) is 9. The van der Waals surface area contributed by atoms with Crippen LogP contribution in [0.1, 0.15) is 33.5 Å². The lowest BCUT2D eigenvalue weighted by Gasteiger charge is -2.30. The Labute approximate surface area is 223 Å². The van der Waals surface area contributed by atoms with E-state index in [0.717, 1.165) is 23.7 Å². The van der Waals surface area contributed by atoms with Crippen molar-refractivity contribution in [3.05, 3.63) is 86.5 Å². The smallest absolute Gasteiger partial charge is 0.290 e. The van der Waals surface area contributed by atoms with E-state index < -0.39 is 11.0 Å². The maximum atomic E-state index is 13.7. The number of non-ortho nitro benzene ring substituents is 1. The fourth-order valence-corrected chi connectivity index (χ4v) is 5.29. The Morgan fingerprint density at radius 3 is 2.71 bits per heavy atom. The van der Waals surface area contributed by atoms with Gasteiger partial charge in [0.1, 0.15) is 6.54 Å². The molecule has 0 unspecified atom stereocenters. The maximum absolute atomic E-state index is 13.7. The van der Waals surface area contributed by atoms with E-state index in [1.165, 1.54) is 39.6 Å². The van der Waals surface area contributed by atoms with E-state index in [9.17, 15) is 19.7 Å². The van der Waals surface area contributed by atoms with Crippen LogP contribution in [0.2, 0.25) is 0 Å². The summed E-state index contributed by atoms with van der Waals surface area (Å²) in [6.45, 7) is 3.46. The first kappa shape index (κ1) is 25.8. The van der Waals surface area contributed by atoms with Crippen LogP contribution >= 0.6 is 11.3 Å². The third kappa shape index (κ3) is 5.82. The van der Waals surface area contributed by atoms with E-state index in [1.807, 2.05) is 17.5 Å². The highest BCUT2D eigenvalue weighted by Crippen LogP contribution is 2.35. The third-order valence-electron chi connectivity index (χ3n) is 6.57. The van der Waals surface area contributed by atoms with Gasteiger partial charge in [0.15, 0.2) is 5.76 Å². The van der Waals surface area contributed by atoms with Gasteiger partial charge in [-0.3, -0.25) is 24.6 Å². The molecule has 0 bridgehead atoms. The normalized spacial score (nSPS) is 17.8. The molecule has 1 saturated heterocycles. The summed E-state index contributed by atoms with van der Waals surface area (Å²) in [6.07, 6.45) is 1.83. The number of thiophene rings is 1. The number of nitrogens with zero attached hydrogens (tertiary/aromatic N) is 5. The van der Waals surface area contributed by atoms with Crippen molar-refractivity contribution in [2.24, 2.45) is 5.10 Å². The second kappa shape index (κ2) is 11.7. The van der Waals surface area contributed by atoms with E-state index in [1.54, 1.807) is 24.3 Å². The van der Waals surface area contributed by atoms with Gasteiger partial charge in [0.2, 0.25) is 0 Å². The molecule has 0 radical (unpaired) electrons. The number of carbonyl (C=O) groups excluding carboxylic acids is 2. The highest BCUT2D eigenvalue weighted by atomic mass is 32.1. The molecule has 38 heavy (non-hydrogen) atoms. The zero-order valence-electron chi connectivity index (χ0n) is 20.6. The molecule has 11 nitrogen and oxygen atoms in total. The molecule has 0 spiro atoms. The van der Waals surface area contributed by atoms with Crippen LogP contribution < -0.4 is 0 Å². The van der Waals surface area contributed by atoms with Gasteiger partial charge in [0, 0.05) is 44.7 Å². The number of nitro groups is 1. The number of furan rings is 1. The van der Waals surface area contributed by atoms with E-state index in [-0.39, 0.29) is 29.8 Å². The van der Waals surface area contributed by atoms with Crippen molar-refractivity contribution in [3.8, 4) is 0 Å². The summed E-state index contributed by atoms with van der Waals surface area (Å²) in [7, 11) is 0. The Morgan fingerprint density at radius 1 is 1.16 bits per heavy atom. The van der Waals surface area contributed by atoms with Gasteiger partial charge in [-0.2, -0.15) is 5.10 Å². The standard InChI is InChI=1S/C26H27N5O6S/c32-25(18-29(26(33)23-6-2-12-37-23)9-8-28-10-13-36-14-11-28)30-22(17-21(27-30)24-7-3-15-38-24)19-4-1-5-20(16-19)31(34)35/h1-7,12,15-16,22H,8-11,13-14,17-18H2/t22-/m1/s1. The van der Waals surface area contributed by atoms with Crippen LogP contribution in [0.5, 0.6) is 0 Å². The molecule has 2 aliphatic rings. The quantitative estimate of drug-likeness (QED) is 0.303. The average Bonchev–Trinajstić information content (AvgIpc) is 3.73. The topological polar surface area (TPSA) is 122 Å². The molecule has 2 aliphatic heterocycles. The van der Waals surface area contributed by atoms with E-state index in [0.29, 0.717) is 38.3 Å². The van der Waals surface area contributed by atoms with Crippen molar-refractivity contribution in [3.63, 3.8) is 0 Å². The molecule has 3 aromatic rings. The number of nitro benzene ring substituents is 1. The number of benzene rings is 1. The number of morpholine rings is 1. The van der Waals surface area contributed by atoms with Gasteiger partial charge >= 0.3 is 0 Å². The minimum Gasteiger partial charge on any atom is -0.459 e. The molecule has 2 aromatic heterocycles. The summed E-state index contributed by atoms with van der Waals surface area (Å²) >= 11 is 1.51. The second-order valence-electron chi connectivity index (χ2n) is 8.99. The number of amides is 2. The summed E-state index contributed by atoms with van der Waals surface area (Å²) in [6, 6.07) is 12.8. The van der Waals surface area contributed by atoms with Crippen molar-refractivity contribution < 1.29 is 23.7 Å². The number of hydrazone groups is 1. The Bertz CT molecular complexity index is 1300. The van der Waals surface area contributed by atoms with Gasteiger partial charge in [-0.05, 0) is 29.1 Å². The number of carbonyl (C=O) groups is 2. The monoisotopic (exact) mass is 537 g/mol. The Balaban J connectivity index is 1.39. The number of hydrogen-bond donors (Lipinski definition) is 0. The molecule has 1 fully saturated rings. The highest BCUT2D eigenvalue weighted by molar-refractivity contribution is 7.12. The lowest BCUT2D eigenvalue weighted by molar-refractivity contribution is -0.385. The van der Waals surface area contributed by atoms with Crippen LogP contribution in [0.4, 0.5) is 5.69 Å². The van der Waals surface area contributed by atoms with Crippen molar-refractivity contribution in [1.82, 2.24) is 14.8 Å². The molecular weight excluding hydrogens is 510 g/mol. The van der Waals surface area contributed by atoms with Gasteiger partial charge in [0.25, 0.3) is 17.5 Å². The van der Waals surface area contributed by atoms with E-state index in [4.69, 9.17) is 9.15 Å². The maximum Gasteiger partial charge on any atom is 0.290 e. The second-order valence-corrected chi connectivity index (χ2v) is 9.94. The Hall–Kier alpha value is -3.87. The molecule has 0 N–H and O–H groups in total. The lowest BCUT2D eigenvalue weighted by atomic mass is 10.0. The summed E-state index contributed by atoms with van der Waals surface area (Å²) in [5.74, 6) is -0.612. The van der Waals surface area contributed by atoms with Crippen LogP contribution in [0.25, 0.3) is 0 Å². The fourth-order valence-electron chi connectivity index (χ4n) is 4.57. The van der Waals surface area contributed by atoms with Crippen molar-refractivity contribution >= 4 is 34.6 Å². The molecule has 0 saturated carbocycles. The van der Waals surface area contributed by atoms with E-state index in [2.05, 4.69) is 10.0 Å². The van der Waals surface area contributed by atoms with Gasteiger partial charge < -0.3 is 14.1 Å². The van der Waals surface area contributed by atoms with Crippen LogP contribution in [-0.4, -0.2) is 83.2 Å². The van der Waals surface area contributed by atoms with Crippen LogP contribution in [-0.2, 0) is 9.53 Å². The zero-order chi connectivity index (χ0) is 26.5. The van der Waals surface area contributed by atoms with Crippen molar-refractivity contribution in [2.75, 3.05) is 45.9 Å². The first-order chi connectivity index (χ1) is 18.5. The van der Waals surface area contributed by atoms with Crippen LogP contribution in [0.15, 0.2) is 69.7 Å². The van der Waals surface area contributed by atoms with Gasteiger partial charge in [0.05, 0.1) is 41.0 Å².